The molecule has 1 aliphatic rings. The maximum Gasteiger partial charge on any atom is 0.236 e. The van der Waals surface area contributed by atoms with Crippen LogP contribution in [0, 0.1) is 24.4 Å². The lowest BCUT2D eigenvalue weighted by molar-refractivity contribution is 0.516. The average Bonchev–Trinajstić information content (AvgIpc) is 3.27. The minimum Gasteiger partial charge on any atom is -0.371 e. The number of benzene rings is 2. The fourth-order valence-corrected chi connectivity index (χ4v) is 5.09. The molecule has 166 valence electrons. The molecule has 7 nitrogen and oxygen atoms in total. The molecule has 1 aliphatic heterocycles. The molecule has 0 bridgehead atoms. The standard InChI is InChI=1S/C21H18F3N5O2S/c1-10-26-27-20-21(2,3)25-14-9-13(23)17(18(24)19(14)29(10)20)16-11-7-8-28(32(4,30)31)15(11)6-5-12(16)22/h5-9,25H,1-4H3. The van der Waals surface area contributed by atoms with Crippen LogP contribution in [0.3, 0.4) is 0 Å². The summed E-state index contributed by atoms with van der Waals surface area (Å²) in [6.07, 6.45) is 2.21. The molecular weight excluding hydrogens is 443 g/mol. The minimum absolute atomic E-state index is 0.0304. The summed E-state index contributed by atoms with van der Waals surface area (Å²) in [5.74, 6) is -2.08. The molecular formula is C21H18F3N5O2S. The largest absolute Gasteiger partial charge is 0.371 e. The van der Waals surface area contributed by atoms with Crippen LogP contribution in [-0.2, 0) is 15.6 Å². The van der Waals surface area contributed by atoms with E-state index in [0.29, 0.717) is 11.6 Å². The van der Waals surface area contributed by atoms with Crippen LogP contribution in [0.15, 0.2) is 30.5 Å². The van der Waals surface area contributed by atoms with E-state index in [0.717, 1.165) is 22.4 Å². The van der Waals surface area contributed by atoms with Gasteiger partial charge in [-0.1, -0.05) is 0 Å². The van der Waals surface area contributed by atoms with Gasteiger partial charge in [-0.3, -0.25) is 4.57 Å². The van der Waals surface area contributed by atoms with Crippen LogP contribution in [0.25, 0.3) is 27.7 Å². The van der Waals surface area contributed by atoms with Gasteiger partial charge < -0.3 is 5.32 Å². The Morgan fingerprint density at radius 2 is 1.75 bits per heavy atom. The number of aryl methyl sites for hydroxylation is 1. The van der Waals surface area contributed by atoms with Crippen LogP contribution in [0.1, 0.15) is 25.5 Å². The molecule has 32 heavy (non-hydrogen) atoms. The molecule has 2 aromatic heterocycles. The molecule has 2 aromatic carbocycles. The van der Waals surface area contributed by atoms with E-state index in [-0.39, 0.29) is 27.8 Å². The molecule has 0 aliphatic carbocycles. The van der Waals surface area contributed by atoms with Crippen LogP contribution >= 0.6 is 0 Å². The summed E-state index contributed by atoms with van der Waals surface area (Å²) in [6, 6.07) is 4.68. The van der Waals surface area contributed by atoms with E-state index >= 15 is 13.2 Å². The molecule has 0 radical (unpaired) electrons. The number of fused-ring (bicyclic) bond motifs is 4. The van der Waals surface area contributed by atoms with Gasteiger partial charge in [-0.15, -0.1) is 10.2 Å². The lowest BCUT2D eigenvalue weighted by atomic mass is 9.95. The van der Waals surface area contributed by atoms with Crippen molar-refractivity contribution in [2.75, 3.05) is 11.6 Å². The maximum atomic E-state index is 16.0. The van der Waals surface area contributed by atoms with E-state index in [9.17, 15) is 8.42 Å². The van der Waals surface area contributed by atoms with Crippen molar-refractivity contribution in [3.05, 3.63) is 59.6 Å². The number of nitrogens with one attached hydrogen (secondary N) is 1. The van der Waals surface area contributed by atoms with E-state index in [1.807, 2.05) is 0 Å². The summed E-state index contributed by atoms with van der Waals surface area (Å²) in [7, 11) is -3.71. The van der Waals surface area contributed by atoms with Gasteiger partial charge in [0, 0.05) is 23.2 Å². The van der Waals surface area contributed by atoms with Gasteiger partial charge in [0.2, 0.25) is 10.0 Å². The van der Waals surface area contributed by atoms with Crippen molar-refractivity contribution in [2.24, 2.45) is 0 Å². The van der Waals surface area contributed by atoms with Gasteiger partial charge >= 0.3 is 0 Å². The molecule has 0 saturated heterocycles. The summed E-state index contributed by atoms with van der Waals surface area (Å²) < 4.78 is 72.9. The van der Waals surface area contributed by atoms with Crippen molar-refractivity contribution in [3.8, 4) is 16.8 Å². The topological polar surface area (TPSA) is 81.8 Å². The first kappa shape index (κ1) is 20.6. The van der Waals surface area contributed by atoms with E-state index in [2.05, 4.69) is 15.5 Å². The van der Waals surface area contributed by atoms with Gasteiger partial charge in [0.05, 0.1) is 28.6 Å². The SMILES string of the molecule is Cc1nnc2n1-c1c(cc(F)c(-c3c(F)ccc4c3ccn4S(C)(=O)=O)c1F)NC2(C)C. The lowest BCUT2D eigenvalue weighted by Crippen LogP contribution is -2.36. The molecule has 1 N–H and O–H groups in total. The molecule has 0 fully saturated rings. The van der Waals surface area contributed by atoms with E-state index < -0.39 is 38.6 Å². The van der Waals surface area contributed by atoms with Crippen molar-refractivity contribution in [1.29, 1.82) is 0 Å². The Morgan fingerprint density at radius 1 is 1.03 bits per heavy atom. The Morgan fingerprint density at radius 3 is 2.44 bits per heavy atom. The molecule has 3 heterocycles. The summed E-state index contributed by atoms with van der Waals surface area (Å²) in [5.41, 5.74) is -1.46. The summed E-state index contributed by atoms with van der Waals surface area (Å²) in [6.45, 7) is 5.24. The summed E-state index contributed by atoms with van der Waals surface area (Å²) in [4.78, 5) is 0. The van der Waals surface area contributed by atoms with Crippen LogP contribution in [-0.4, -0.2) is 33.4 Å². The third-order valence-corrected chi connectivity index (χ3v) is 6.67. The molecule has 0 unspecified atom stereocenters. The molecule has 4 aromatic rings. The zero-order valence-electron chi connectivity index (χ0n) is 17.5. The number of halogens is 3. The Kier molecular flexibility index (Phi) is 4.08. The second-order valence-corrected chi connectivity index (χ2v) is 10.2. The molecule has 0 amide bonds. The van der Waals surface area contributed by atoms with E-state index in [4.69, 9.17) is 0 Å². The zero-order valence-corrected chi connectivity index (χ0v) is 18.4. The van der Waals surface area contributed by atoms with Gasteiger partial charge in [-0.2, -0.15) is 0 Å². The van der Waals surface area contributed by atoms with Crippen LogP contribution in [0.5, 0.6) is 0 Å². The van der Waals surface area contributed by atoms with Crippen molar-refractivity contribution < 1.29 is 21.6 Å². The fourth-order valence-electron chi connectivity index (χ4n) is 4.29. The number of hydrogen-bond acceptors (Lipinski definition) is 5. The predicted molar refractivity (Wildman–Crippen MR) is 114 cm³/mol. The van der Waals surface area contributed by atoms with E-state index in [1.165, 1.54) is 22.9 Å². The first-order valence-corrected chi connectivity index (χ1v) is 11.5. The Labute approximate surface area is 181 Å². The van der Waals surface area contributed by atoms with Gasteiger partial charge in [-0.25, -0.2) is 25.6 Å². The number of aromatic nitrogens is 4. The van der Waals surface area contributed by atoms with Crippen molar-refractivity contribution in [1.82, 2.24) is 18.7 Å². The second-order valence-electron chi connectivity index (χ2n) is 8.33. The monoisotopic (exact) mass is 461 g/mol. The summed E-state index contributed by atoms with van der Waals surface area (Å²) >= 11 is 0. The van der Waals surface area contributed by atoms with E-state index in [1.54, 1.807) is 20.8 Å². The van der Waals surface area contributed by atoms with Crippen LogP contribution in [0.4, 0.5) is 18.9 Å². The highest BCUT2D eigenvalue weighted by Crippen LogP contribution is 2.44. The number of anilines is 1. The molecule has 0 spiro atoms. The molecule has 0 atom stereocenters. The second kappa shape index (κ2) is 6.35. The third kappa shape index (κ3) is 2.70. The Hall–Kier alpha value is -3.34. The lowest BCUT2D eigenvalue weighted by Gasteiger charge is -2.34. The maximum absolute atomic E-state index is 16.0. The highest BCUT2D eigenvalue weighted by molar-refractivity contribution is 7.89. The third-order valence-electron chi connectivity index (χ3n) is 5.64. The van der Waals surface area contributed by atoms with Crippen molar-refractivity contribution in [3.63, 3.8) is 0 Å². The smallest absolute Gasteiger partial charge is 0.236 e. The summed E-state index contributed by atoms with van der Waals surface area (Å²) in [5, 5.41) is 11.3. The zero-order chi connectivity index (χ0) is 23.2. The number of hydrogen-bond donors (Lipinski definition) is 1. The van der Waals surface area contributed by atoms with Crippen molar-refractivity contribution in [2.45, 2.75) is 26.3 Å². The molecule has 5 rings (SSSR count). The van der Waals surface area contributed by atoms with Gasteiger partial charge in [0.25, 0.3) is 0 Å². The van der Waals surface area contributed by atoms with Gasteiger partial charge in [-0.05, 0) is 39.0 Å². The molecule has 11 heteroatoms. The Bertz CT molecular complexity index is 1550. The first-order valence-electron chi connectivity index (χ1n) is 9.65. The quantitative estimate of drug-likeness (QED) is 0.487. The normalized spacial score (nSPS) is 14.8. The highest BCUT2D eigenvalue weighted by atomic mass is 32.2. The fraction of sp³-hybridized carbons (Fsp3) is 0.238. The highest BCUT2D eigenvalue weighted by Gasteiger charge is 2.37. The number of nitrogens with zero attached hydrogens (tertiary/aromatic N) is 4. The number of rotatable bonds is 2. The average molecular weight is 461 g/mol. The van der Waals surface area contributed by atoms with Crippen LogP contribution in [0.2, 0.25) is 0 Å². The van der Waals surface area contributed by atoms with Crippen molar-refractivity contribution >= 4 is 26.6 Å². The first-order chi connectivity index (χ1) is 14.9. The Balaban J connectivity index is 1.88. The van der Waals surface area contributed by atoms with Gasteiger partial charge in [0.15, 0.2) is 11.6 Å². The predicted octanol–water partition coefficient (Wildman–Crippen LogP) is 4.08. The minimum atomic E-state index is -3.71. The molecule has 0 saturated carbocycles. The van der Waals surface area contributed by atoms with Gasteiger partial charge in [0.1, 0.15) is 23.1 Å². The van der Waals surface area contributed by atoms with Crippen LogP contribution < -0.4 is 5.32 Å².